The van der Waals surface area contributed by atoms with Gasteiger partial charge in [-0.25, -0.2) is 4.98 Å². The summed E-state index contributed by atoms with van der Waals surface area (Å²) in [6, 6.07) is 4.00. The monoisotopic (exact) mass is 344 g/mol. The lowest BCUT2D eigenvalue weighted by Crippen LogP contribution is -2.49. The number of pyridine rings is 1. The van der Waals surface area contributed by atoms with Crippen LogP contribution in [0.1, 0.15) is 34.7 Å². The summed E-state index contributed by atoms with van der Waals surface area (Å²) in [5, 5.41) is 1.04. The van der Waals surface area contributed by atoms with Crippen molar-refractivity contribution >= 4 is 17.2 Å². The first-order valence-corrected chi connectivity index (χ1v) is 9.24. The van der Waals surface area contributed by atoms with Crippen LogP contribution in [0.25, 0.3) is 0 Å². The molecule has 3 heterocycles. The lowest BCUT2D eigenvalue weighted by atomic mass is 10.00. The molecule has 1 atom stereocenters. The number of carbonyl (C=O) groups excluding carboxylic acids is 1. The van der Waals surface area contributed by atoms with Gasteiger partial charge in [0.25, 0.3) is 0 Å². The number of nitrogens with zero attached hydrogens (tertiary/aromatic N) is 4. The molecule has 1 aliphatic rings. The van der Waals surface area contributed by atoms with Crippen LogP contribution in [0.15, 0.2) is 30.7 Å². The summed E-state index contributed by atoms with van der Waals surface area (Å²) in [5.41, 5.74) is 1.16. The third kappa shape index (κ3) is 4.19. The van der Waals surface area contributed by atoms with E-state index in [1.54, 1.807) is 17.5 Å². The number of aryl methyl sites for hydroxylation is 1. The van der Waals surface area contributed by atoms with Gasteiger partial charge in [-0.3, -0.25) is 14.7 Å². The van der Waals surface area contributed by atoms with Crippen molar-refractivity contribution in [2.75, 3.05) is 13.6 Å². The van der Waals surface area contributed by atoms with Crippen LogP contribution in [0.3, 0.4) is 0 Å². The molecule has 128 valence electrons. The summed E-state index contributed by atoms with van der Waals surface area (Å²) >= 11 is 1.66. The quantitative estimate of drug-likeness (QED) is 0.837. The third-order valence-electron chi connectivity index (χ3n) is 4.45. The highest BCUT2D eigenvalue weighted by atomic mass is 32.1. The molecule has 0 radical (unpaired) electrons. The first-order valence-electron chi connectivity index (χ1n) is 8.43. The van der Waals surface area contributed by atoms with Crippen molar-refractivity contribution in [1.29, 1.82) is 0 Å². The molecule has 0 aromatic carbocycles. The number of piperidine rings is 1. The highest BCUT2D eigenvalue weighted by Crippen LogP contribution is 2.22. The number of rotatable bonds is 5. The number of amides is 1. The average Bonchev–Trinajstić information content (AvgIpc) is 3.00. The second-order valence-corrected chi connectivity index (χ2v) is 7.70. The van der Waals surface area contributed by atoms with Crippen LogP contribution in [0.2, 0.25) is 0 Å². The Labute approximate surface area is 147 Å². The largest absolute Gasteiger partial charge is 0.339 e. The normalized spacial score (nSPS) is 18.5. The van der Waals surface area contributed by atoms with E-state index in [4.69, 9.17) is 0 Å². The van der Waals surface area contributed by atoms with Gasteiger partial charge in [0.2, 0.25) is 5.91 Å². The number of carbonyl (C=O) groups is 1. The summed E-state index contributed by atoms with van der Waals surface area (Å²) in [7, 11) is 1.90. The number of hydrogen-bond acceptors (Lipinski definition) is 5. The van der Waals surface area contributed by atoms with Crippen LogP contribution < -0.4 is 0 Å². The average molecular weight is 344 g/mol. The van der Waals surface area contributed by atoms with Crippen LogP contribution in [-0.2, 0) is 17.9 Å². The van der Waals surface area contributed by atoms with Crippen molar-refractivity contribution in [2.24, 2.45) is 0 Å². The van der Waals surface area contributed by atoms with Gasteiger partial charge in [0.1, 0.15) is 0 Å². The Morgan fingerprint density at radius 3 is 3.00 bits per heavy atom. The molecular weight excluding hydrogens is 320 g/mol. The Bertz CT molecular complexity index is 673. The van der Waals surface area contributed by atoms with E-state index in [1.165, 1.54) is 0 Å². The summed E-state index contributed by atoms with van der Waals surface area (Å²) in [6.45, 7) is 4.39. The molecule has 1 fully saturated rings. The van der Waals surface area contributed by atoms with E-state index < -0.39 is 0 Å². The molecule has 2 aromatic heterocycles. The van der Waals surface area contributed by atoms with Crippen LogP contribution in [0, 0.1) is 6.92 Å². The van der Waals surface area contributed by atoms with E-state index in [2.05, 4.69) is 20.9 Å². The molecule has 0 unspecified atom stereocenters. The smallest absolute Gasteiger partial charge is 0.240 e. The summed E-state index contributed by atoms with van der Waals surface area (Å²) < 4.78 is 0. The van der Waals surface area contributed by atoms with E-state index in [9.17, 15) is 4.79 Å². The van der Waals surface area contributed by atoms with Gasteiger partial charge in [0.15, 0.2) is 0 Å². The molecule has 0 saturated carbocycles. The van der Waals surface area contributed by atoms with Crippen molar-refractivity contribution < 1.29 is 4.79 Å². The van der Waals surface area contributed by atoms with Crippen LogP contribution >= 0.6 is 11.3 Å². The van der Waals surface area contributed by atoms with Crippen LogP contribution in [0.4, 0.5) is 0 Å². The van der Waals surface area contributed by atoms with Gasteiger partial charge in [-0.1, -0.05) is 12.5 Å². The van der Waals surface area contributed by atoms with Gasteiger partial charge in [0.05, 0.1) is 17.6 Å². The number of thiazole rings is 1. The fraction of sp³-hybridized carbons (Fsp3) is 0.500. The molecule has 0 bridgehead atoms. The Kier molecular flexibility index (Phi) is 5.58. The Morgan fingerprint density at radius 1 is 1.42 bits per heavy atom. The Morgan fingerprint density at radius 2 is 2.29 bits per heavy atom. The summed E-state index contributed by atoms with van der Waals surface area (Å²) in [6.07, 6.45) is 8.76. The van der Waals surface area contributed by atoms with Crippen molar-refractivity contribution in [3.05, 3.63) is 46.2 Å². The number of hydrogen-bond donors (Lipinski definition) is 0. The molecule has 1 aliphatic heterocycles. The maximum absolute atomic E-state index is 13.0. The summed E-state index contributed by atoms with van der Waals surface area (Å²) in [4.78, 5) is 26.7. The predicted molar refractivity (Wildman–Crippen MR) is 95.6 cm³/mol. The lowest BCUT2D eigenvalue weighted by Gasteiger charge is -2.36. The molecule has 24 heavy (non-hydrogen) atoms. The van der Waals surface area contributed by atoms with Gasteiger partial charge in [-0.2, -0.15) is 0 Å². The minimum absolute atomic E-state index is 0.0297. The molecule has 3 rings (SSSR count). The number of aromatic nitrogens is 2. The molecule has 0 aliphatic carbocycles. The minimum atomic E-state index is -0.0297. The fourth-order valence-corrected chi connectivity index (χ4v) is 4.08. The SMILES string of the molecule is Cc1ncc(CN(C)C(=O)[C@H]2CCCCN2Cc2cccnc2)s1. The van der Waals surface area contributed by atoms with Gasteiger partial charge in [-0.15, -0.1) is 11.3 Å². The van der Waals surface area contributed by atoms with Crippen molar-refractivity contribution in [3.8, 4) is 0 Å². The fourth-order valence-electron chi connectivity index (χ4n) is 3.23. The highest BCUT2D eigenvalue weighted by molar-refractivity contribution is 7.11. The predicted octanol–water partition coefficient (Wildman–Crippen LogP) is 2.86. The van der Waals surface area contributed by atoms with Gasteiger partial charge >= 0.3 is 0 Å². The molecule has 1 saturated heterocycles. The summed E-state index contributed by atoms with van der Waals surface area (Å²) in [5.74, 6) is 0.213. The van der Waals surface area contributed by atoms with Crippen LogP contribution in [0.5, 0.6) is 0 Å². The van der Waals surface area contributed by atoms with Crippen molar-refractivity contribution in [2.45, 2.75) is 45.3 Å². The van der Waals surface area contributed by atoms with E-state index >= 15 is 0 Å². The molecule has 1 amide bonds. The van der Waals surface area contributed by atoms with E-state index in [0.29, 0.717) is 6.54 Å². The van der Waals surface area contributed by atoms with Gasteiger partial charge in [-0.05, 0) is 37.9 Å². The zero-order chi connectivity index (χ0) is 16.9. The Hall–Kier alpha value is -1.79. The first-order chi connectivity index (χ1) is 11.6. The molecular formula is C18H24N4OS. The second-order valence-electron chi connectivity index (χ2n) is 6.38. The molecule has 6 heteroatoms. The lowest BCUT2D eigenvalue weighted by molar-refractivity contribution is -0.137. The molecule has 2 aromatic rings. The number of likely N-dealkylation sites (N-methyl/N-ethyl adjacent to an activating group) is 1. The first kappa shape index (κ1) is 17.0. The number of likely N-dealkylation sites (tertiary alicyclic amines) is 1. The third-order valence-corrected chi connectivity index (χ3v) is 5.34. The van der Waals surface area contributed by atoms with Gasteiger partial charge < -0.3 is 4.90 Å². The highest BCUT2D eigenvalue weighted by Gasteiger charge is 2.30. The zero-order valence-electron chi connectivity index (χ0n) is 14.3. The Balaban J connectivity index is 1.66. The second kappa shape index (κ2) is 7.85. The zero-order valence-corrected chi connectivity index (χ0v) is 15.1. The van der Waals surface area contributed by atoms with Crippen molar-refractivity contribution in [1.82, 2.24) is 19.8 Å². The van der Waals surface area contributed by atoms with E-state index in [1.807, 2.05) is 37.3 Å². The standard InChI is InChI=1S/C18H24N4OS/c1-14-20-11-16(24-14)13-21(2)18(23)17-7-3-4-9-22(17)12-15-6-5-8-19-10-15/h5-6,8,10-11,17H,3-4,7,9,12-13H2,1-2H3/t17-/m1/s1. The topological polar surface area (TPSA) is 49.3 Å². The minimum Gasteiger partial charge on any atom is -0.339 e. The molecule has 5 nitrogen and oxygen atoms in total. The van der Waals surface area contributed by atoms with E-state index in [-0.39, 0.29) is 11.9 Å². The molecule has 0 spiro atoms. The van der Waals surface area contributed by atoms with Crippen molar-refractivity contribution in [3.63, 3.8) is 0 Å². The van der Waals surface area contributed by atoms with Crippen LogP contribution in [-0.4, -0.2) is 45.3 Å². The molecule has 0 N–H and O–H groups in total. The maximum atomic E-state index is 13.0. The maximum Gasteiger partial charge on any atom is 0.240 e. The van der Waals surface area contributed by atoms with E-state index in [0.717, 1.165) is 47.8 Å². The van der Waals surface area contributed by atoms with Gasteiger partial charge in [0, 0.05) is 37.1 Å².